The highest BCUT2D eigenvalue weighted by Gasteiger charge is 2.42. The van der Waals surface area contributed by atoms with E-state index in [1.54, 1.807) is 6.07 Å². The monoisotopic (exact) mass is 338 g/mol. The molecule has 1 amide bonds. The van der Waals surface area contributed by atoms with E-state index < -0.39 is 5.60 Å². The third-order valence-corrected chi connectivity index (χ3v) is 4.24. The fourth-order valence-electron chi connectivity index (χ4n) is 2.92. The highest BCUT2D eigenvalue weighted by molar-refractivity contribution is 6.29. The summed E-state index contributed by atoms with van der Waals surface area (Å²) < 4.78 is 5.59. The van der Waals surface area contributed by atoms with Gasteiger partial charge in [-0.15, -0.1) is 10.2 Å². The molecule has 1 atom stereocenters. The van der Waals surface area contributed by atoms with Gasteiger partial charge in [0.1, 0.15) is 5.60 Å². The molecule has 23 heavy (non-hydrogen) atoms. The number of nitrogens with zero attached hydrogens (tertiary/aromatic N) is 4. The Morgan fingerprint density at radius 1 is 1.26 bits per heavy atom. The van der Waals surface area contributed by atoms with Crippen molar-refractivity contribution >= 4 is 23.5 Å². The Bertz CT molecular complexity index is 568. The van der Waals surface area contributed by atoms with Gasteiger partial charge in [-0.2, -0.15) is 0 Å². The zero-order valence-corrected chi connectivity index (χ0v) is 14.6. The van der Waals surface area contributed by atoms with E-state index in [1.807, 2.05) is 31.7 Å². The maximum atomic E-state index is 12.6. The predicted octanol–water partition coefficient (Wildman–Crippen LogP) is 3.11. The van der Waals surface area contributed by atoms with Crippen molar-refractivity contribution in [1.82, 2.24) is 15.1 Å². The van der Waals surface area contributed by atoms with Gasteiger partial charge in [-0.3, -0.25) is 0 Å². The minimum absolute atomic E-state index is 0.162. The smallest absolute Gasteiger partial charge is 0.410 e. The number of carbonyl (C=O) groups excluding carboxylic acids is 1. The number of carbonyl (C=O) groups is 1. The Balaban J connectivity index is 1.68. The summed E-state index contributed by atoms with van der Waals surface area (Å²) in [5.74, 6) is 0.803. The van der Waals surface area contributed by atoms with Crippen molar-refractivity contribution in [2.24, 2.45) is 0 Å². The van der Waals surface area contributed by atoms with Crippen molar-refractivity contribution in [1.29, 1.82) is 0 Å². The van der Waals surface area contributed by atoms with E-state index in [-0.39, 0.29) is 12.1 Å². The highest BCUT2D eigenvalue weighted by atomic mass is 35.5. The molecule has 0 bridgehead atoms. The van der Waals surface area contributed by atoms with E-state index in [0.29, 0.717) is 11.2 Å². The lowest BCUT2D eigenvalue weighted by atomic mass is 10.2. The van der Waals surface area contributed by atoms with E-state index in [4.69, 9.17) is 16.3 Å². The third kappa shape index (κ3) is 4.05. The van der Waals surface area contributed by atoms with E-state index in [9.17, 15) is 4.79 Å². The van der Waals surface area contributed by atoms with Crippen LogP contribution in [-0.4, -0.2) is 52.0 Å². The number of amides is 1. The maximum absolute atomic E-state index is 12.6. The summed E-state index contributed by atoms with van der Waals surface area (Å²) in [6.45, 7) is 7.32. The van der Waals surface area contributed by atoms with E-state index >= 15 is 0 Å². The van der Waals surface area contributed by atoms with Gasteiger partial charge in [0, 0.05) is 19.1 Å². The summed E-state index contributed by atoms with van der Waals surface area (Å²) in [7, 11) is 0. The molecule has 0 unspecified atom stereocenters. The molecule has 0 spiro atoms. The number of aromatic nitrogens is 2. The van der Waals surface area contributed by atoms with Crippen LogP contribution >= 0.6 is 11.6 Å². The SMILES string of the molecule is CC(C)(C)OC(=O)N(C1CC1)[C@@H]1CCN(c2ccc(Cl)nn2)C1. The van der Waals surface area contributed by atoms with Crippen LogP contribution in [0.2, 0.25) is 5.15 Å². The van der Waals surface area contributed by atoms with Crippen LogP contribution in [0.3, 0.4) is 0 Å². The van der Waals surface area contributed by atoms with Crippen molar-refractivity contribution < 1.29 is 9.53 Å². The lowest BCUT2D eigenvalue weighted by molar-refractivity contribution is 0.0158. The van der Waals surface area contributed by atoms with Crippen molar-refractivity contribution in [3.05, 3.63) is 17.3 Å². The number of rotatable bonds is 3. The molecule has 2 aliphatic rings. The molecule has 0 aromatic carbocycles. The molecule has 7 heteroatoms. The van der Waals surface area contributed by atoms with E-state index in [2.05, 4.69) is 15.1 Å². The summed E-state index contributed by atoms with van der Waals surface area (Å²) in [5, 5.41) is 8.41. The van der Waals surface area contributed by atoms with Crippen LogP contribution in [0, 0.1) is 0 Å². The molecular formula is C16H23ClN4O2. The number of hydrogen-bond acceptors (Lipinski definition) is 5. The number of anilines is 1. The Kier molecular flexibility index (Phi) is 4.36. The maximum Gasteiger partial charge on any atom is 0.410 e. The molecule has 0 N–H and O–H groups in total. The average Bonchev–Trinajstić information content (AvgIpc) is 3.15. The molecule has 1 aliphatic carbocycles. The zero-order valence-electron chi connectivity index (χ0n) is 13.8. The molecule has 1 aromatic heterocycles. The van der Waals surface area contributed by atoms with Gasteiger partial charge in [0.2, 0.25) is 0 Å². The molecule has 1 aliphatic heterocycles. The van der Waals surface area contributed by atoms with Gasteiger partial charge in [-0.25, -0.2) is 4.79 Å². The van der Waals surface area contributed by atoms with Crippen LogP contribution < -0.4 is 4.90 Å². The molecular weight excluding hydrogens is 316 g/mol. The van der Waals surface area contributed by atoms with Crippen LogP contribution in [0.25, 0.3) is 0 Å². The molecule has 1 aromatic rings. The Hall–Kier alpha value is -1.56. The first kappa shape index (κ1) is 16.3. The standard InChI is InChI=1S/C16H23ClN4O2/c1-16(2,3)23-15(22)21(11-4-5-11)12-8-9-20(10-12)14-7-6-13(17)18-19-14/h6-7,11-12H,4-5,8-10H2,1-3H3/t12-/m1/s1. The summed E-state index contributed by atoms with van der Waals surface area (Å²) >= 11 is 5.79. The van der Waals surface area contributed by atoms with Gasteiger partial charge in [0.05, 0.1) is 6.04 Å². The summed E-state index contributed by atoms with van der Waals surface area (Å²) in [6.07, 6.45) is 2.85. The lowest BCUT2D eigenvalue weighted by Crippen LogP contribution is -2.46. The predicted molar refractivity (Wildman–Crippen MR) is 88.8 cm³/mol. The van der Waals surface area contributed by atoms with Crippen LogP contribution in [-0.2, 0) is 4.74 Å². The van der Waals surface area contributed by atoms with Crippen LogP contribution in [0.15, 0.2) is 12.1 Å². The highest BCUT2D eigenvalue weighted by Crippen LogP contribution is 2.33. The number of halogens is 1. The Morgan fingerprint density at radius 2 is 2.00 bits per heavy atom. The first-order valence-corrected chi connectivity index (χ1v) is 8.47. The Morgan fingerprint density at radius 3 is 2.57 bits per heavy atom. The average molecular weight is 339 g/mol. The molecule has 6 nitrogen and oxygen atoms in total. The zero-order chi connectivity index (χ0) is 16.6. The fourth-order valence-corrected chi connectivity index (χ4v) is 3.02. The molecule has 1 saturated heterocycles. The van der Waals surface area contributed by atoms with Gasteiger partial charge < -0.3 is 14.5 Å². The lowest BCUT2D eigenvalue weighted by Gasteiger charge is -2.31. The second kappa shape index (κ2) is 6.15. The topological polar surface area (TPSA) is 58.6 Å². The first-order valence-electron chi connectivity index (χ1n) is 8.09. The van der Waals surface area contributed by atoms with Crippen LogP contribution in [0.4, 0.5) is 10.6 Å². The number of hydrogen-bond donors (Lipinski definition) is 0. The van der Waals surface area contributed by atoms with Crippen LogP contribution in [0.1, 0.15) is 40.0 Å². The normalized spacial score (nSPS) is 21.4. The molecule has 126 valence electrons. The molecule has 1 saturated carbocycles. The van der Waals surface area contributed by atoms with Gasteiger partial charge in [-0.05, 0) is 52.2 Å². The van der Waals surface area contributed by atoms with Gasteiger partial charge >= 0.3 is 6.09 Å². The van der Waals surface area contributed by atoms with Gasteiger partial charge in [0.25, 0.3) is 0 Å². The van der Waals surface area contributed by atoms with E-state index in [1.165, 1.54) is 0 Å². The minimum Gasteiger partial charge on any atom is -0.444 e. The van der Waals surface area contributed by atoms with Crippen molar-refractivity contribution in [3.8, 4) is 0 Å². The summed E-state index contributed by atoms with van der Waals surface area (Å²) in [5.41, 5.74) is -0.468. The van der Waals surface area contributed by atoms with E-state index in [0.717, 1.165) is 38.2 Å². The fraction of sp³-hybridized carbons (Fsp3) is 0.688. The van der Waals surface area contributed by atoms with Gasteiger partial charge in [-0.1, -0.05) is 11.6 Å². The summed E-state index contributed by atoms with van der Waals surface area (Å²) in [6, 6.07) is 4.09. The molecule has 2 fully saturated rings. The number of ether oxygens (including phenoxy) is 1. The molecule has 2 heterocycles. The first-order chi connectivity index (χ1) is 10.8. The van der Waals surface area contributed by atoms with Crippen LogP contribution in [0.5, 0.6) is 0 Å². The second-order valence-electron chi connectivity index (χ2n) is 7.22. The second-order valence-corrected chi connectivity index (χ2v) is 7.61. The minimum atomic E-state index is -0.468. The summed E-state index contributed by atoms with van der Waals surface area (Å²) in [4.78, 5) is 16.6. The third-order valence-electron chi connectivity index (χ3n) is 4.04. The van der Waals surface area contributed by atoms with Crippen molar-refractivity contribution in [3.63, 3.8) is 0 Å². The Labute approximate surface area is 141 Å². The van der Waals surface area contributed by atoms with Gasteiger partial charge in [0.15, 0.2) is 11.0 Å². The molecule has 0 radical (unpaired) electrons. The van der Waals surface area contributed by atoms with Crippen molar-refractivity contribution in [2.75, 3.05) is 18.0 Å². The largest absolute Gasteiger partial charge is 0.444 e. The quantitative estimate of drug-likeness (QED) is 0.847. The van der Waals surface area contributed by atoms with Crippen molar-refractivity contribution in [2.45, 2.75) is 57.7 Å². The molecule has 3 rings (SSSR count).